The highest BCUT2D eigenvalue weighted by Gasteiger charge is 2.33. The molecule has 9 heteroatoms. The third-order valence-electron chi connectivity index (χ3n) is 6.60. The van der Waals surface area contributed by atoms with Crippen LogP contribution in [0.15, 0.2) is 36.4 Å². The number of nitrogens with one attached hydrogen (secondary N) is 2. The largest absolute Gasteiger partial charge is 0.350 e. The second kappa shape index (κ2) is 11.9. The topological polar surface area (TPSA) is 64.7 Å². The van der Waals surface area contributed by atoms with Crippen molar-refractivity contribution in [1.82, 2.24) is 20.4 Å². The number of hydrogen-bond acceptors (Lipinski definition) is 4. The molecule has 2 amide bonds. The number of benzene rings is 2. The van der Waals surface area contributed by atoms with Crippen LogP contribution >= 0.6 is 34.8 Å². The van der Waals surface area contributed by atoms with Crippen molar-refractivity contribution in [1.29, 1.82) is 0 Å². The average Bonchev–Trinajstić information content (AvgIpc) is 3.28. The van der Waals surface area contributed by atoms with Gasteiger partial charge in [0.2, 0.25) is 5.91 Å². The minimum Gasteiger partial charge on any atom is -0.350 e. The molecule has 2 aliphatic rings. The molecule has 35 heavy (non-hydrogen) atoms. The fraction of sp³-hybridized carbons (Fsp3) is 0.462. The lowest BCUT2D eigenvalue weighted by atomic mass is 10.1. The Hall–Kier alpha value is -1.83. The van der Waals surface area contributed by atoms with Crippen LogP contribution in [-0.4, -0.2) is 66.4 Å². The number of hydrogen-bond donors (Lipinski definition) is 2. The van der Waals surface area contributed by atoms with Crippen LogP contribution in [0.3, 0.4) is 0 Å². The Kier molecular flexibility index (Phi) is 8.95. The SMILES string of the molecule is Cc1cc(Cl)cc(CN2CCC(CNC(=O)c3ccc(Cl)c(Cl)c3)NC(CN3CCCC3)C2=O)c1. The first-order valence-corrected chi connectivity index (χ1v) is 13.2. The number of aryl methyl sites for hydroxylation is 1. The Morgan fingerprint density at radius 1 is 1.06 bits per heavy atom. The summed E-state index contributed by atoms with van der Waals surface area (Å²) >= 11 is 18.3. The van der Waals surface area contributed by atoms with E-state index in [0.29, 0.717) is 46.8 Å². The van der Waals surface area contributed by atoms with E-state index in [9.17, 15) is 9.59 Å². The number of likely N-dealkylation sites (tertiary alicyclic amines) is 1. The van der Waals surface area contributed by atoms with E-state index in [0.717, 1.165) is 43.5 Å². The van der Waals surface area contributed by atoms with Crippen molar-refractivity contribution in [3.8, 4) is 0 Å². The summed E-state index contributed by atoms with van der Waals surface area (Å²) in [6.45, 7) is 6.22. The van der Waals surface area contributed by atoms with E-state index in [4.69, 9.17) is 34.8 Å². The number of amides is 2. The molecule has 0 aromatic heterocycles. The molecule has 2 unspecified atom stereocenters. The van der Waals surface area contributed by atoms with Gasteiger partial charge in [-0.25, -0.2) is 0 Å². The minimum atomic E-state index is -0.331. The molecule has 2 aromatic rings. The predicted molar refractivity (Wildman–Crippen MR) is 141 cm³/mol. The molecule has 0 aliphatic carbocycles. The van der Waals surface area contributed by atoms with E-state index < -0.39 is 0 Å². The fourth-order valence-electron chi connectivity index (χ4n) is 4.83. The molecular weight excluding hydrogens is 507 g/mol. The maximum atomic E-state index is 13.6. The van der Waals surface area contributed by atoms with Crippen molar-refractivity contribution in [3.63, 3.8) is 0 Å². The monoisotopic (exact) mass is 536 g/mol. The van der Waals surface area contributed by atoms with Gasteiger partial charge in [0.25, 0.3) is 5.91 Å². The van der Waals surface area contributed by atoms with Gasteiger partial charge in [-0.3, -0.25) is 9.59 Å². The number of carbonyl (C=O) groups excluding carboxylic acids is 2. The second-order valence-electron chi connectivity index (χ2n) is 9.45. The highest BCUT2D eigenvalue weighted by atomic mass is 35.5. The molecule has 2 heterocycles. The molecule has 188 valence electrons. The molecule has 2 aromatic carbocycles. The summed E-state index contributed by atoms with van der Waals surface area (Å²) in [5.41, 5.74) is 2.55. The average molecular weight is 538 g/mol. The summed E-state index contributed by atoms with van der Waals surface area (Å²) in [5, 5.41) is 7.95. The van der Waals surface area contributed by atoms with Gasteiger partial charge in [0.05, 0.1) is 16.1 Å². The number of rotatable bonds is 7. The summed E-state index contributed by atoms with van der Waals surface area (Å²) < 4.78 is 0. The lowest BCUT2D eigenvalue weighted by molar-refractivity contribution is -0.133. The summed E-state index contributed by atoms with van der Waals surface area (Å²) in [6.07, 6.45) is 3.05. The van der Waals surface area contributed by atoms with Gasteiger partial charge in [-0.15, -0.1) is 0 Å². The third kappa shape index (κ3) is 7.11. The van der Waals surface area contributed by atoms with Crippen LogP contribution in [0.25, 0.3) is 0 Å². The normalized spacial score (nSPS) is 21.3. The van der Waals surface area contributed by atoms with Gasteiger partial charge in [0, 0.05) is 42.8 Å². The molecule has 2 atom stereocenters. The van der Waals surface area contributed by atoms with Gasteiger partial charge >= 0.3 is 0 Å². The minimum absolute atomic E-state index is 0.0376. The Bertz CT molecular complexity index is 1050. The maximum absolute atomic E-state index is 13.6. The maximum Gasteiger partial charge on any atom is 0.251 e. The summed E-state index contributed by atoms with van der Waals surface area (Å²) in [4.78, 5) is 30.5. The highest BCUT2D eigenvalue weighted by molar-refractivity contribution is 6.42. The molecule has 6 nitrogen and oxygen atoms in total. The lowest BCUT2D eigenvalue weighted by Crippen LogP contribution is -2.53. The summed E-state index contributed by atoms with van der Waals surface area (Å²) in [5.74, 6) is -0.129. The van der Waals surface area contributed by atoms with E-state index in [-0.39, 0.29) is 23.9 Å². The zero-order valence-corrected chi connectivity index (χ0v) is 22.1. The molecule has 2 saturated heterocycles. The van der Waals surface area contributed by atoms with Gasteiger partial charge in [-0.05, 0) is 80.7 Å². The van der Waals surface area contributed by atoms with Crippen LogP contribution in [0, 0.1) is 6.92 Å². The molecule has 2 aliphatic heterocycles. The van der Waals surface area contributed by atoms with Crippen LogP contribution in [0.4, 0.5) is 0 Å². The molecule has 0 radical (unpaired) electrons. The molecule has 2 fully saturated rings. The van der Waals surface area contributed by atoms with Gasteiger partial charge in [0.1, 0.15) is 0 Å². The predicted octanol–water partition coefficient (Wildman–Crippen LogP) is 4.54. The molecule has 4 rings (SSSR count). The number of carbonyl (C=O) groups is 2. The number of nitrogens with zero attached hydrogens (tertiary/aromatic N) is 2. The van der Waals surface area contributed by atoms with Crippen molar-refractivity contribution in [2.75, 3.05) is 32.7 Å². The van der Waals surface area contributed by atoms with Crippen molar-refractivity contribution in [3.05, 3.63) is 68.2 Å². The van der Waals surface area contributed by atoms with Gasteiger partial charge < -0.3 is 20.4 Å². The quantitative estimate of drug-likeness (QED) is 0.544. The van der Waals surface area contributed by atoms with Crippen LogP contribution < -0.4 is 10.6 Å². The van der Waals surface area contributed by atoms with Crippen molar-refractivity contribution >= 4 is 46.6 Å². The van der Waals surface area contributed by atoms with E-state index >= 15 is 0 Å². The summed E-state index contributed by atoms with van der Waals surface area (Å²) in [7, 11) is 0. The zero-order valence-electron chi connectivity index (χ0n) is 19.8. The first-order chi connectivity index (χ1) is 16.8. The first kappa shape index (κ1) is 26.2. The smallest absolute Gasteiger partial charge is 0.251 e. The second-order valence-corrected chi connectivity index (χ2v) is 10.7. The molecule has 2 N–H and O–H groups in total. The Labute approximate surface area is 221 Å². The molecule has 0 saturated carbocycles. The third-order valence-corrected chi connectivity index (χ3v) is 7.56. The zero-order chi connectivity index (χ0) is 24.9. The molecular formula is C26H31Cl3N4O2. The highest BCUT2D eigenvalue weighted by Crippen LogP contribution is 2.23. The van der Waals surface area contributed by atoms with Crippen LogP contribution in [-0.2, 0) is 11.3 Å². The molecule has 0 spiro atoms. The van der Waals surface area contributed by atoms with Crippen molar-refractivity contribution in [2.24, 2.45) is 0 Å². The lowest BCUT2D eigenvalue weighted by Gasteiger charge is -2.28. The number of halogens is 3. The van der Waals surface area contributed by atoms with Gasteiger partial charge in [-0.2, -0.15) is 0 Å². The van der Waals surface area contributed by atoms with E-state index in [1.54, 1.807) is 18.2 Å². The Balaban J connectivity index is 1.45. The van der Waals surface area contributed by atoms with Gasteiger partial charge in [0.15, 0.2) is 0 Å². The van der Waals surface area contributed by atoms with E-state index in [2.05, 4.69) is 21.6 Å². The van der Waals surface area contributed by atoms with Crippen LogP contribution in [0.5, 0.6) is 0 Å². The van der Waals surface area contributed by atoms with Crippen molar-refractivity contribution in [2.45, 2.75) is 44.8 Å². The first-order valence-electron chi connectivity index (χ1n) is 12.0. The summed E-state index contributed by atoms with van der Waals surface area (Å²) in [6, 6.07) is 10.4. The van der Waals surface area contributed by atoms with E-state index in [1.165, 1.54) is 0 Å². The standard InChI is InChI=1S/C26H31Cl3N4O2/c1-17-10-18(12-20(27)11-17)15-33-9-6-21(31-24(26(33)35)16-32-7-2-3-8-32)14-30-25(34)19-4-5-22(28)23(29)13-19/h4-5,10-13,21,24,31H,2-3,6-9,14-16H2,1H3,(H,30,34). The fourth-order valence-corrected chi connectivity index (χ4v) is 5.44. The van der Waals surface area contributed by atoms with Crippen LogP contribution in [0.1, 0.15) is 40.7 Å². The van der Waals surface area contributed by atoms with Crippen LogP contribution in [0.2, 0.25) is 15.1 Å². The van der Waals surface area contributed by atoms with Gasteiger partial charge in [-0.1, -0.05) is 40.9 Å². The van der Waals surface area contributed by atoms with Crippen molar-refractivity contribution < 1.29 is 9.59 Å². The van der Waals surface area contributed by atoms with E-state index in [1.807, 2.05) is 24.0 Å². The molecule has 0 bridgehead atoms. The Morgan fingerprint density at radius 3 is 2.54 bits per heavy atom. The Morgan fingerprint density at radius 2 is 1.83 bits per heavy atom.